The van der Waals surface area contributed by atoms with Gasteiger partial charge in [0, 0.05) is 5.69 Å². The van der Waals surface area contributed by atoms with Gasteiger partial charge in [0.15, 0.2) is 0 Å². The van der Waals surface area contributed by atoms with Crippen LogP contribution in [0.15, 0.2) is 12.1 Å². The third-order valence-electron chi connectivity index (χ3n) is 2.49. The van der Waals surface area contributed by atoms with Gasteiger partial charge in [-0.1, -0.05) is 11.6 Å². The monoisotopic (exact) mass is 211 g/mol. The molecular formula is C11H14ClNO. The van der Waals surface area contributed by atoms with Gasteiger partial charge in [-0.3, -0.25) is 0 Å². The Morgan fingerprint density at radius 2 is 2.21 bits per heavy atom. The molecule has 1 aliphatic carbocycles. The minimum Gasteiger partial charge on any atom is -0.492 e. The molecule has 1 saturated carbocycles. The Labute approximate surface area is 89.0 Å². The summed E-state index contributed by atoms with van der Waals surface area (Å²) in [4.78, 5) is 0. The maximum Gasteiger partial charge on any atom is 0.138 e. The summed E-state index contributed by atoms with van der Waals surface area (Å²) in [7, 11) is 0. The number of anilines is 1. The maximum atomic E-state index is 6.00. The molecule has 1 aromatic carbocycles. The zero-order valence-electron chi connectivity index (χ0n) is 8.22. The molecular weight excluding hydrogens is 198 g/mol. The predicted octanol–water partition coefficient (Wildman–Crippen LogP) is 3.02. The number of ether oxygens (including phenoxy) is 1. The van der Waals surface area contributed by atoms with Crippen LogP contribution in [0.1, 0.15) is 18.4 Å². The van der Waals surface area contributed by atoms with E-state index in [1.807, 2.05) is 13.0 Å². The highest BCUT2D eigenvalue weighted by molar-refractivity contribution is 6.32. The summed E-state index contributed by atoms with van der Waals surface area (Å²) in [5.41, 5.74) is 7.45. The lowest BCUT2D eigenvalue weighted by molar-refractivity contribution is 0.300. The molecule has 2 rings (SSSR count). The number of hydrogen-bond acceptors (Lipinski definition) is 2. The van der Waals surface area contributed by atoms with Crippen molar-refractivity contribution >= 4 is 17.3 Å². The quantitative estimate of drug-likeness (QED) is 0.781. The van der Waals surface area contributed by atoms with Gasteiger partial charge in [-0.15, -0.1) is 0 Å². The first-order valence-corrected chi connectivity index (χ1v) is 5.23. The third-order valence-corrected chi connectivity index (χ3v) is 2.79. The Morgan fingerprint density at radius 1 is 1.50 bits per heavy atom. The van der Waals surface area contributed by atoms with Crippen molar-refractivity contribution in [2.45, 2.75) is 19.8 Å². The second-order valence-corrected chi connectivity index (χ2v) is 4.30. The van der Waals surface area contributed by atoms with Gasteiger partial charge in [0.05, 0.1) is 11.6 Å². The van der Waals surface area contributed by atoms with E-state index in [1.165, 1.54) is 12.8 Å². The van der Waals surface area contributed by atoms with E-state index in [0.29, 0.717) is 10.7 Å². The van der Waals surface area contributed by atoms with Crippen molar-refractivity contribution in [2.75, 3.05) is 12.3 Å². The lowest BCUT2D eigenvalue weighted by Crippen LogP contribution is -2.00. The number of benzene rings is 1. The van der Waals surface area contributed by atoms with E-state index >= 15 is 0 Å². The molecule has 0 bridgehead atoms. The highest BCUT2D eigenvalue weighted by Crippen LogP contribution is 2.33. The molecule has 1 aliphatic rings. The zero-order valence-corrected chi connectivity index (χ0v) is 8.97. The van der Waals surface area contributed by atoms with Crippen molar-refractivity contribution in [1.82, 2.24) is 0 Å². The van der Waals surface area contributed by atoms with Gasteiger partial charge in [0.25, 0.3) is 0 Å². The van der Waals surface area contributed by atoms with E-state index in [0.717, 1.165) is 23.8 Å². The van der Waals surface area contributed by atoms with E-state index in [2.05, 4.69) is 0 Å². The smallest absolute Gasteiger partial charge is 0.138 e. The molecule has 3 heteroatoms. The molecule has 0 saturated heterocycles. The van der Waals surface area contributed by atoms with Gasteiger partial charge >= 0.3 is 0 Å². The van der Waals surface area contributed by atoms with Crippen LogP contribution in [-0.2, 0) is 0 Å². The lowest BCUT2D eigenvalue weighted by atomic mass is 10.2. The molecule has 0 aromatic heterocycles. The van der Waals surface area contributed by atoms with E-state index in [-0.39, 0.29) is 0 Å². The standard InChI is InChI=1S/C11H14ClNO/c1-7-4-11(9(12)5-10(7)13)14-6-8-2-3-8/h4-5,8H,2-3,6,13H2,1H3. The molecule has 1 aromatic rings. The van der Waals surface area contributed by atoms with E-state index in [4.69, 9.17) is 22.1 Å². The summed E-state index contributed by atoms with van der Waals surface area (Å²) in [6.07, 6.45) is 2.57. The Bertz CT molecular complexity index is 347. The van der Waals surface area contributed by atoms with Crippen molar-refractivity contribution in [3.63, 3.8) is 0 Å². The molecule has 0 heterocycles. The summed E-state index contributed by atoms with van der Waals surface area (Å²) in [5, 5.41) is 0.605. The van der Waals surface area contributed by atoms with Gasteiger partial charge in [-0.2, -0.15) is 0 Å². The van der Waals surface area contributed by atoms with Crippen LogP contribution in [-0.4, -0.2) is 6.61 Å². The Kier molecular flexibility index (Phi) is 2.55. The molecule has 2 N–H and O–H groups in total. The van der Waals surface area contributed by atoms with Crippen LogP contribution in [0, 0.1) is 12.8 Å². The first kappa shape index (κ1) is 9.66. The molecule has 2 nitrogen and oxygen atoms in total. The van der Waals surface area contributed by atoms with E-state index < -0.39 is 0 Å². The van der Waals surface area contributed by atoms with Gasteiger partial charge in [-0.05, 0) is 43.4 Å². The second kappa shape index (κ2) is 3.70. The maximum absolute atomic E-state index is 6.00. The number of aryl methyl sites for hydroxylation is 1. The number of nitrogen functional groups attached to an aromatic ring is 1. The van der Waals surface area contributed by atoms with Crippen molar-refractivity contribution in [1.29, 1.82) is 0 Å². The summed E-state index contributed by atoms with van der Waals surface area (Å²) >= 11 is 6.00. The lowest BCUT2D eigenvalue weighted by Gasteiger charge is -2.09. The fourth-order valence-electron chi connectivity index (χ4n) is 1.27. The van der Waals surface area contributed by atoms with Crippen molar-refractivity contribution < 1.29 is 4.74 Å². The van der Waals surface area contributed by atoms with Gasteiger partial charge in [0.2, 0.25) is 0 Å². The molecule has 1 fully saturated rings. The Balaban J connectivity index is 2.10. The fraction of sp³-hybridized carbons (Fsp3) is 0.455. The minimum absolute atomic E-state index is 0.605. The van der Waals surface area contributed by atoms with Crippen molar-refractivity contribution in [3.8, 4) is 5.75 Å². The molecule has 76 valence electrons. The number of hydrogen-bond donors (Lipinski definition) is 1. The first-order valence-electron chi connectivity index (χ1n) is 4.85. The Morgan fingerprint density at radius 3 is 2.86 bits per heavy atom. The van der Waals surface area contributed by atoms with Gasteiger partial charge in [0.1, 0.15) is 5.75 Å². The highest BCUT2D eigenvalue weighted by atomic mass is 35.5. The summed E-state index contributed by atoms with van der Waals surface area (Å²) < 4.78 is 5.61. The second-order valence-electron chi connectivity index (χ2n) is 3.89. The number of nitrogens with two attached hydrogens (primary N) is 1. The van der Waals surface area contributed by atoms with E-state index in [9.17, 15) is 0 Å². The predicted molar refractivity (Wildman–Crippen MR) is 58.8 cm³/mol. The van der Waals surface area contributed by atoms with Crippen LogP contribution < -0.4 is 10.5 Å². The molecule has 0 atom stereocenters. The SMILES string of the molecule is Cc1cc(OCC2CC2)c(Cl)cc1N. The fourth-order valence-corrected chi connectivity index (χ4v) is 1.50. The summed E-state index contributed by atoms with van der Waals surface area (Å²) in [6, 6.07) is 3.65. The largest absolute Gasteiger partial charge is 0.492 e. The Hall–Kier alpha value is -0.890. The highest BCUT2D eigenvalue weighted by Gasteiger charge is 2.22. The normalized spacial score (nSPS) is 15.6. The average molecular weight is 212 g/mol. The molecule has 0 aliphatic heterocycles. The van der Waals surface area contributed by atoms with Crippen molar-refractivity contribution in [3.05, 3.63) is 22.7 Å². The number of rotatable bonds is 3. The van der Waals surface area contributed by atoms with E-state index in [1.54, 1.807) is 6.07 Å². The molecule has 0 spiro atoms. The van der Waals surface area contributed by atoms with Crippen LogP contribution in [0.5, 0.6) is 5.75 Å². The first-order chi connectivity index (χ1) is 6.66. The van der Waals surface area contributed by atoms with Crippen LogP contribution in [0.2, 0.25) is 5.02 Å². The zero-order chi connectivity index (χ0) is 10.1. The van der Waals surface area contributed by atoms with Crippen LogP contribution in [0.25, 0.3) is 0 Å². The van der Waals surface area contributed by atoms with Crippen LogP contribution in [0.3, 0.4) is 0 Å². The molecule has 0 radical (unpaired) electrons. The number of halogens is 1. The van der Waals surface area contributed by atoms with Gasteiger partial charge < -0.3 is 10.5 Å². The molecule has 14 heavy (non-hydrogen) atoms. The average Bonchev–Trinajstić information content (AvgIpc) is 2.92. The van der Waals surface area contributed by atoms with Crippen LogP contribution in [0.4, 0.5) is 5.69 Å². The topological polar surface area (TPSA) is 35.2 Å². The minimum atomic E-state index is 0.605. The van der Waals surface area contributed by atoms with Crippen molar-refractivity contribution in [2.24, 2.45) is 5.92 Å². The molecule has 0 unspecified atom stereocenters. The van der Waals surface area contributed by atoms with Crippen LogP contribution >= 0.6 is 11.6 Å². The third kappa shape index (κ3) is 2.13. The molecule has 0 amide bonds. The summed E-state index contributed by atoms with van der Waals surface area (Å²) in [5.74, 6) is 1.49. The summed E-state index contributed by atoms with van der Waals surface area (Å²) in [6.45, 7) is 2.73. The van der Waals surface area contributed by atoms with Gasteiger partial charge in [-0.25, -0.2) is 0 Å².